The maximum atomic E-state index is 12.3. The molecule has 1 N–H and O–H groups in total. The SMILES string of the molecule is COc1cc(C(=O)OCC(=O)Nc2ccc(C(=O)N(C)C)cc2)cc(Cl)c1OC(C)C. The van der Waals surface area contributed by atoms with E-state index in [1.165, 1.54) is 24.1 Å². The molecule has 0 saturated carbocycles. The topological polar surface area (TPSA) is 94.2 Å². The summed E-state index contributed by atoms with van der Waals surface area (Å²) in [5.41, 5.74) is 1.08. The first kappa shape index (κ1) is 24.0. The second-order valence-corrected chi connectivity index (χ2v) is 7.46. The fourth-order valence-electron chi connectivity index (χ4n) is 2.55. The summed E-state index contributed by atoms with van der Waals surface area (Å²) in [5.74, 6) is -0.809. The van der Waals surface area contributed by atoms with Crippen LogP contribution in [0, 0.1) is 0 Å². The number of halogens is 1. The second-order valence-electron chi connectivity index (χ2n) is 7.06. The Balaban J connectivity index is 1.98. The highest BCUT2D eigenvalue weighted by Crippen LogP contribution is 2.37. The molecule has 0 aliphatic heterocycles. The first-order valence-corrected chi connectivity index (χ1v) is 9.83. The van der Waals surface area contributed by atoms with Crippen molar-refractivity contribution in [2.45, 2.75) is 20.0 Å². The minimum Gasteiger partial charge on any atom is -0.493 e. The lowest BCUT2D eigenvalue weighted by atomic mass is 10.2. The Labute approximate surface area is 186 Å². The lowest BCUT2D eigenvalue weighted by Crippen LogP contribution is -2.22. The predicted molar refractivity (Wildman–Crippen MR) is 117 cm³/mol. The average molecular weight is 449 g/mol. The highest BCUT2D eigenvalue weighted by Gasteiger charge is 2.18. The van der Waals surface area contributed by atoms with Crippen LogP contribution in [0.4, 0.5) is 5.69 Å². The molecule has 0 spiro atoms. The van der Waals surface area contributed by atoms with Crippen LogP contribution in [0.5, 0.6) is 11.5 Å². The van der Waals surface area contributed by atoms with Crippen molar-refractivity contribution in [1.29, 1.82) is 0 Å². The monoisotopic (exact) mass is 448 g/mol. The molecule has 0 unspecified atom stereocenters. The molecule has 166 valence electrons. The van der Waals surface area contributed by atoms with Gasteiger partial charge in [0, 0.05) is 25.3 Å². The van der Waals surface area contributed by atoms with Crippen molar-refractivity contribution in [1.82, 2.24) is 4.90 Å². The van der Waals surface area contributed by atoms with Gasteiger partial charge >= 0.3 is 5.97 Å². The Morgan fingerprint density at radius 1 is 1.06 bits per heavy atom. The molecule has 0 aliphatic carbocycles. The van der Waals surface area contributed by atoms with Crippen molar-refractivity contribution < 1.29 is 28.6 Å². The van der Waals surface area contributed by atoms with E-state index in [9.17, 15) is 14.4 Å². The molecule has 0 aromatic heterocycles. The summed E-state index contributed by atoms with van der Waals surface area (Å²) in [6, 6.07) is 9.20. The molecule has 2 amide bonds. The molecule has 0 aliphatic rings. The van der Waals surface area contributed by atoms with E-state index in [1.54, 1.807) is 38.4 Å². The first-order valence-electron chi connectivity index (χ1n) is 9.45. The zero-order chi connectivity index (χ0) is 23.1. The number of methoxy groups -OCH3 is 1. The number of rotatable bonds is 8. The van der Waals surface area contributed by atoms with E-state index in [0.29, 0.717) is 17.0 Å². The molecule has 0 radical (unpaired) electrons. The van der Waals surface area contributed by atoms with Crippen LogP contribution in [0.3, 0.4) is 0 Å². The fraction of sp³-hybridized carbons (Fsp3) is 0.318. The Kier molecular flexibility index (Phi) is 8.27. The van der Waals surface area contributed by atoms with Crippen molar-refractivity contribution in [3.63, 3.8) is 0 Å². The quantitative estimate of drug-likeness (QED) is 0.620. The van der Waals surface area contributed by atoms with E-state index < -0.39 is 18.5 Å². The Morgan fingerprint density at radius 3 is 2.26 bits per heavy atom. The largest absolute Gasteiger partial charge is 0.493 e. The van der Waals surface area contributed by atoms with Crippen LogP contribution in [0.2, 0.25) is 5.02 Å². The van der Waals surface area contributed by atoms with Gasteiger partial charge < -0.3 is 24.4 Å². The number of hydrogen-bond donors (Lipinski definition) is 1. The molecule has 0 heterocycles. The molecular weight excluding hydrogens is 424 g/mol. The van der Waals surface area contributed by atoms with Gasteiger partial charge in [-0.05, 0) is 50.2 Å². The van der Waals surface area contributed by atoms with Gasteiger partial charge in [-0.15, -0.1) is 0 Å². The van der Waals surface area contributed by atoms with E-state index in [1.807, 2.05) is 13.8 Å². The van der Waals surface area contributed by atoms with Gasteiger partial charge in [-0.2, -0.15) is 0 Å². The van der Waals surface area contributed by atoms with E-state index in [0.717, 1.165) is 0 Å². The number of benzene rings is 2. The standard InChI is InChI=1S/C22H25ClN2O6/c1-13(2)31-20-17(23)10-15(11-18(20)29-5)22(28)30-12-19(26)24-16-8-6-14(7-9-16)21(27)25(3)4/h6-11,13H,12H2,1-5H3,(H,24,26). The van der Waals surface area contributed by atoms with Gasteiger partial charge in [-0.25, -0.2) is 4.79 Å². The Bertz CT molecular complexity index is 957. The number of esters is 1. The smallest absolute Gasteiger partial charge is 0.338 e. The van der Waals surface area contributed by atoms with Gasteiger partial charge in [0.2, 0.25) is 0 Å². The molecule has 2 aromatic rings. The van der Waals surface area contributed by atoms with Crippen LogP contribution in [0.1, 0.15) is 34.6 Å². The number of nitrogens with zero attached hydrogens (tertiary/aromatic N) is 1. The maximum Gasteiger partial charge on any atom is 0.338 e. The minimum atomic E-state index is -0.738. The molecule has 2 rings (SSSR count). The third kappa shape index (κ3) is 6.62. The van der Waals surface area contributed by atoms with Gasteiger partial charge in [0.05, 0.1) is 23.8 Å². The average Bonchev–Trinajstić information content (AvgIpc) is 2.72. The molecule has 31 heavy (non-hydrogen) atoms. The number of hydrogen-bond acceptors (Lipinski definition) is 6. The number of amides is 2. The lowest BCUT2D eigenvalue weighted by molar-refractivity contribution is -0.119. The van der Waals surface area contributed by atoms with Gasteiger partial charge in [-0.3, -0.25) is 9.59 Å². The van der Waals surface area contributed by atoms with Gasteiger partial charge in [0.25, 0.3) is 11.8 Å². The summed E-state index contributed by atoms with van der Waals surface area (Å²) in [6.07, 6.45) is -0.136. The van der Waals surface area contributed by atoms with Crippen molar-refractivity contribution in [3.8, 4) is 11.5 Å². The van der Waals surface area contributed by atoms with Crippen LogP contribution >= 0.6 is 11.6 Å². The lowest BCUT2D eigenvalue weighted by Gasteiger charge is -2.16. The summed E-state index contributed by atoms with van der Waals surface area (Å²) >= 11 is 6.21. The van der Waals surface area contributed by atoms with Crippen molar-refractivity contribution >= 4 is 35.1 Å². The number of anilines is 1. The summed E-state index contributed by atoms with van der Waals surface area (Å²) in [6.45, 7) is 3.18. The van der Waals surface area contributed by atoms with Crippen LogP contribution in [-0.2, 0) is 9.53 Å². The van der Waals surface area contributed by atoms with E-state index >= 15 is 0 Å². The molecule has 0 atom stereocenters. The number of nitrogens with one attached hydrogen (secondary N) is 1. The van der Waals surface area contributed by atoms with Crippen molar-refractivity contribution in [2.75, 3.05) is 33.1 Å². The molecule has 0 saturated heterocycles. The van der Waals surface area contributed by atoms with Crippen LogP contribution in [-0.4, -0.2) is 56.6 Å². The normalized spacial score (nSPS) is 10.4. The number of ether oxygens (including phenoxy) is 3. The van der Waals surface area contributed by atoms with Gasteiger partial charge in [-0.1, -0.05) is 11.6 Å². The van der Waals surface area contributed by atoms with Crippen LogP contribution in [0.15, 0.2) is 36.4 Å². The van der Waals surface area contributed by atoms with Gasteiger partial charge in [0.15, 0.2) is 18.1 Å². The highest BCUT2D eigenvalue weighted by atomic mass is 35.5. The fourth-order valence-corrected chi connectivity index (χ4v) is 2.81. The van der Waals surface area contributed by atoms with Gasteiger partial charge in [0.1, 0.15) is 0 Å². The zero-order valence-corrected chi connectivity index (χ0v) is 18.8. The summed E-state index contributed by atoms with van der Waals surface area (Å²) in [7, 11) is 4.73. The zero-order valence-electron chi connectivity index (χ0n) is 18.0. The molecule has 0 fully saturated rings. The molecule has 2 aromatic carbocycles. The molecule has 8 nitrogen and oxygen atoms in total. The Hall–Kier alpha value is -3.26. The third-order valence-corrected chi connectivity index (χ3v) is 4.26. The summed E-state index contributed by atoms with van der Waals surface area (Å²) in [4.78, 5) is 37.8. The molecule has 9 heteroatoms. The highest BCUT2D eigenvalue weighted by molar-refractivity contribution is 6.32. The number of carbonyl (C=O) groups excluding carboxylic acids is 3. The second kappa shape index (κ2) is 10.7. The Morgan fingerprint density at radius 2 is 1.71 bits per heavy atom. The van der Waals surface area contributed by atoms with E-state index in [-0.39, 0.29) is 28.3 Å². The van der Waals surface area contributed by atoms with Crippen LogP contribution < -0.4 is 14.8 Å². The van der Waals surface area contributed by atoms with E-state index in [4.69, 9.17) is 25.8 Å². The van der Waals surface area contributed by atoms with Crippen LogP contribution in [0.25, 0.3) is 0 Å². The maximum absolute atomic E-state index is 12.3. The summed E-state index contributed by atoms with van der Waals surface area (Å²) in [5, 5.41) is 2.79. The molecule has 0 bridgehead atoms. The molecular formula is C22H25ClN2O6. The van der Waals surface area contributed by atoms with Crippen molar-refractivity contribution in [3.05, 3.63) is 52.5 Å². The minimum absolute atomic E-state index is 0.123. The summed E-state index contributed by atoms with van der Waals surface area (Å²) < 4.78 is 15.9. The van der Waals surface area contributed by atoms with E-state index in [2.05, 4.69) is 5.32 Å². The number of carbonyl (C=O) groups is 3. The first-order chi connectivity index (χ1) is 14.6. The van der Waals surface area contributed by atoms with Crippen molar-refractivity contribution in [2.24, 2.45) is 0 Å². The predicted octanol–water partition coefficient (Wildman–Crippen LogP) is 3.63. The third-order valence-electron chi connectivity index (χ3n) is 3.97.